The molecule has 0 aliphatic heterocycles. The molecule has 6 nitrogen and oxygen atoms in total. The fourth-order valence-electron chi connectivity index (χ4n) is 3.29. The molecule has 3 rings (SSSR count). The van der Waals surface area contributed by atoms with Crippen LogP contribution in [0.25, 0.3) is 10.8 Å². The minimum atomic E-state index is -0.627. The fourth-order valence-corrected chi connectivity index (χ4v) is 3.29. The molecule has 6 heteroatoms. The zero-order chi connectivity index (χ0) is 20.3. The molecule has 1 amide bonds. The van der Waals surface area contributed by atoms with Crippen LogP contribution in [0.15, 0.2) is 60.7 Å². The minimum absolute atomic E-state index is 0.0295. The number of rotatable bonds is 6. The molecule has 0 heterocycles. The van der Waals surface area contributed by atoms with Crippen molar-refractivity contribution >= 4 is 22.4 Å². The average molecular weight is 378 g/mol. The van der Waals surface area contributed by atoms with Crippen LogP contribution in [-0.4, -0.2) is 15.9 Å². The van der Waals surface area contributed by atoms with E-state index in [2.05, 4.69) is 5.32 Å². The number of phenolic OH excluding ortho intramolecular Hbond substituents is 1. The maximum Gasteiger partial charge on any atom is 0.269 e. The third kappa shape index (κ3) is 4.11. The Balaban J connectivity index is 2.12. The van der Waals surface area contributed by atoms with Gasteiger partial charge in [0.1, 0.15) is 5.75 Å². The van der Waals surface area contributed by atoms with Gasteiger partial charge in [-0.15, -0.1) is 0 Å². The van der Waals surface area contributed by atoms with Gasteiger partial charge in [-0.2, -0.15) is 0 Å². The molecule has 3 aromatic carbocycles. The number of aromatic hydroxyl groups is 1. The van der Waals surface area contributed by atoms with Crippen molar-refractivity contribution in [2.24, 2.45) is 5.92 Å². The van der Waals surface area contributed by atoms with Crippen LogP contribution in [0.4, 0.5) is 5.69 Å². The van der Waals surface area contributed by atoms with E-state index in [0.29, 0.717) is 17.5 Å². The number of carbonyl (C=O) groups is 1. The van der Waals surface area contributed by atoms with Gasteiger partial charge < -0.3 is 10.4 Å². The molecule has 0 aliphatic rings. The van der Waals surface area contributed by atoms with Gasteiger partial charge in [0.05, 0.1) is 11.0 Å². The molecular weight excluding hydrogens is 356 g/mol. The second kappa shape index (κ2) is 8.08. The van der Waals surface area contributed by atoms with Crippen molar-refractivity contribution in [1.29, 1.82) is 0 Å². The van der Waals surface area contributed by atoms with Gasteiger partial charge >= 0.3 is 0 Å². The lowest BCUT2D eigenvalue weighted by Crippen LogP contribution is -2.30. The lowest BCUT2D eigenvalue weighted by molar-refractivity contribution is -0.384. The normalized spacial score (nSPS) is 12.1. The van der Waals surface area contributed by atoms with Crippen molar-refractivity contribution in [2.75, 3.05) is 0 Å². The lowest BCUT2D eigenvalue weighted by Gasteiger charge is -2.23. The minimum Gasteiger partial charge on any atom is -0.508 e. The number of non-ortho nitro benzene ring substituents is 1. The van der Waals surface area contributed by atoms with Crippen LogP contribution < -0.4 is 5.32 Å². The van der Waals surface area contributed by atoms with E-state index >= 15 is 0 Å². The largest absolute Gasteiger partial charge is 0.508 e. The quantitative estimate of drug-likeness (QED) is 0.480. The molecule has 2 N–H and O–H groups in total. The van der Waals surface area contributed by atoms with E-state index in [9.17, 15) is 20.0 Å². The molecule has 0 radical (unpaired) electrons. The van der Waals surface area contributed by atoms with Crippen LogP contribution in [0, 0.1) is 16.0 Å². The number of hydrogen-bond acceptors (Lipinski definition) is 4. The molecule has 0 aromatic heterocycles. The highest BCUT2D eigenvalue weighted by atomic mass is 16.6. The summed E-state index contributed by atoms with van der Waals surface area (Å²) in [7, 11) is 0. The monoisotopic (exact) mass is 378 g/mol. The summed E-state index contributed by atoms with van der Waals surface area (Å²) in [6.07, 6.45) is 0.342. The summed E-state index contributed by atoms with van der Waals surface area (Å²) in [5.41, 5.74) is 1.21. The van der Waals surface area contributed by atoms with Crippen molar-refractivity contribution in [3.05, 3.63) is 81.9 Å². The van der Waals surface area contributed by atoms with Crippen LogP contribution in [0.3, 0.4) is 0 Å². The zero-order valence-electron chi connectivity index (χ0n) is 15.8. The average Bonchev–Trinajstić information content (AvgIpc) is 2.66. The maximum atomic E-state index is 12.5. The van der Waals surface area contributed by atoms with Crippen molar-refractivity contribution in [3.63, 3.8) is 0 Å². The van der Waals surface area contributed by atoms with E-state index in [4.69, 9.17) is 0 Å². The Bertz CT molecular complexity index is 1010. The van der Waals surface area contributed by atoms with Gasteiger partial charge in [0, 0.05) is 24.1 Å². The van der Waals surface area contributed by atoms with E-state index in [1.807, 2.05) is 44.2 Å². The maximum absolute atomic E-state index is 12.5. The molecule has 3 aromatic rings. The summed E-state index contributed by atoms with van der Waals surface area (Å²) in [5, 5.41) is 26.3. The molecule has 0 spiro atoms. The van der Waals surface area contributed by atoms with Gasteiger partial charge in [-0.1, -0.05) is 44.2 Å². The Morgan fingerprint density at radius 1 is 1.07 bits per heavy atom. The number of amides is 1. The summed E-state index contributed by atoms with van der Waals surface area (Å²) >= 11 is 0. The highest BCUT2D eigenvalue weighted by Crippen LogP contribution is 2.36. The third-order valence-electron chi connectivity index (χ3n) is 4.57. The number of benzene rings is 3. The Labute approximate surface area is 163 Å². The Morgan fingerprint density at radius 2 is 1.75 bits per heavy atom. The van der Waals surface area contributed by atoms with Gasteiger partial charge in [0.25, 0.3) is 5.69 Å². The van der Waals surface area contributed by atoms with Crippen molar-refractivity contribution in [3.8, 4) is 5.75 Å². The molecule has 0 aliphatic carbocycles. The van der Waals surface area contributed by atoms with E-state index in [1.165, 1.54) is 12.1 Å². The number of nitro benzene ring substituents is 1. The predicted octanol–water partition coefficient (Wildman–Crippen LogP) is 4.71. The predicted molar refractivity (Wildman–Crippen MR) is 108 cm³/mol. The van der Waals surface area contributed by atoms with Gasteiger partial charge in [0.15, 0.2) is 0 Å². The molecule has 0 unspecified atom stereocenters. The van der Waals surface area contributed by atoms with E-state index < -0.39 is 11.0 Å². The van der Waals surface area contributed by atoms with Crippen molar-refractivity contribution < 1.29 is 14.8 Å². The number of hydrogen-bond donors (Lipinski definition) is 2. The van der Waals surface area contributed by atoms with Gasteiger partial charge in [-0.25, -0.2) is 0 Å². The van der Waals surface area contributed by atoms with Crippen LogP contribution in [0.1, 0.15) is 37.4 Å². The van der Waals surface area contributed by atoms with Crippen LogP contribution in [-0.2, 0) is 4.79 Å². The Morgan fingerprint density at radius 3 is 2.39 bits per heavy atom. The summed E-state index contributed by atoms with van der Waals surface area (Å²) in [4.78, 5) is 23.0. The second-order valence-corrected chi connectivity index (χ2v) is 7.17. The number of nitrogens with one attached hydrogen (secondary N) is 1. The molecule has 0 saturated carbocycles. The number of carbonyl (C=O) groups excluding carboxylic acids is 1. The number of phenols is 1. The summed E-state index contributed by atoms with van der Waals surface area (Å²) in [6.45, 7) is 3.91. The first-order valence-electron chi connectivity index (χ1n) is 9.11. The SMILES string of the molecule is CC(C)CC(=O)N[C@@H](c1ccc([N+](=O)[O-])cc1)c1c(O)ccc2ccccc12. The molecule has 0 bridgehead atoms. The first-order valence-corrected chi connectivity index (χ1v) is 9.11. The van der Waals surface area contributed by atoms with E-state index in [-0.39, 0.29) is 23.3 Å². The molecule has 144 valence electrons. The topological polar surface area (TPSA) is 92.5 Å². The van der Waals surface area contributed by atoms with E-state index in [0.717, 1.165) is 10.8 Å². The van der Waals surface area contributed by atoms with Gasteiger partial charge in [0.2, 0.25) is 5.91 Å². The van der Waals surface area contributed by atoms with Crippen LogP contribution >= 0.6 is 0 Å². The molecule has 0 saturated heterocycles. The number of nitrogens with zero attached hydrogens (tertiary/aromatic N) is 1. The Kier molecular flexibility index (Phi) is 5.59. The van der Waals surface area contributed by atoms with Crippen LogP contribution in [0.5, 0.6) is 5.75 Å². The Hall–Kier alpha value is -3.41. The van der Waals surface area contributed by atoms with Crippen molar-refractivity contribution in [2.45, 2.75) is 26.3 Å². The molecule has 28 heavy (non-hydrogen) atoms. The first-order chi connectivity index (χ1) is 13.4. The second-order valence-electron chi connectivity index (χ2n) is 7.17. The summed E-state index contributed by atoms with van der Waals surface area (Å²) < 4.78 is 0. The van der Waals surface area contributed by atoms with Gasteiger partial charge in [-0.05, 0) is 40.5 Å². The summed E-state index contributed by atoms with van der Waals surface area (Å²) in [6, 6.07) is 16.4. The highest BCUT2D eigenvalue weighted by Gasteiger charge is 2.23. The van der Waals surface area contributed by atoms with E-state index in [1.54, 1.807) is 18.2 Å². The number of fused-ring (bicyclic) bond motifs is 1. The fraction of sp³-hybridized carbons (Fsp3) is 0.227. The first kappa shape index (κ1) is 19.4. The zero-order valence-corrected chi connectivity index (χ0v) is 15.8. The number of nitro groups is 1. The lowest BCUT2D eigenvalue weighted by atomic mass is 9.92. The van der Waals surface area contributed by atoms with Crippen LogP contribution in [0.2, 0.25) is 0 Å². The van der Waals surface area contributed by atoms with Crippen molar-refractivity contribution in [1.82, 2.24) is 5.32 Å². The standard InChI is InChI=1S/C22H22N2O4/c1-14(2)13-20(26)23-22(16-7-10-17(11-8-16)24(27)28)21-18-6-4-3-5-15(18)9-12-19(21)25/h3-12,14,22,25H,13H2,1-2H3,(H,23,26)/t22-/m0/s1. The third-order valence-corrected chi connectivity index (χ3v) is 4.57. The molecular formula is C22H22N2O4. The van der Waals surface area contributed by atoms with Gasteiger partial charge in [-0.3, -0.25) is 14.9 Å². The summed E-state index contributed by atoms with van der Waals surface area (Å²) in [5.74, 6) is 0.0937. The molecule has 1 atom stereocenters. The highest BCUT2D eigenvalue weighted by molar-refractivity contribution is 5.89. The smallest absolute Gasteiger partial charge is 0.269 e. The molecule has 0 fully saturated rings.